The molecule has 0 saturated carbocycles. The predicted molar refractivity (Wildman–Crippen MR) is 126 cm³/mol. The van der Waals surface area contributed by atoms with Crippen LogP contribution in [0.15, 0.2) is 56.7 Å². The number of aryl methyl sites for hydroxylation is 1. The lowest BCUT2D eigenvalue weighted by atomic mass is 9.92. The van der Waals surface area contributed by atoms with Gasteiger partial charge in [-0.15, -0.1) is 10.2 Å². The minimum Gasteiger partial charge on any atom is -0.467 e. The second-order valence-corrected chi connectivity index (χ2v) is 9.89. The second kappa shape index (κ2) is 9.40. The molecule has 0 bridgehead atoms. The van der Waals surface area contributed by atoms with E-state index in [-0.39, 0.29) is 0 Å². The van der Waals surface area contributed by atoms with Crippen LogP contribution in [0.25, 0.3) is 11.1 Å². The lowest BCUT2D eigenvalue weighted by Crippen LogP contribution is -2.40. The van der Waals surface area contributed by atoms with Crippen molar-refractivity contribution in [3.8, 4) is 0 Å². The molecule has 1 aliphatic heterocycles. The van der Waals surface area contributed by atoms with Crippen molar-refractivity contribution < 1.29 is 8.83 Å². The number of piperidine rings is 1. The monoisotopic (exact) mass is 451 g/mol. The topological polar surface area (TPSA) is 73.1 Å². The number of aromatic nitrogens is 4. The number of furan rings is 1. The van der Waals surface area contributed by atoms with E-state index in [4.69, 9.17) is 8.83 Å². The van der Waals surface area contributed by atoms with Gasteiger partial charge in [0.15, 0.2) is 16.6 Å². The molecule has 0 N–H and O–H groups in total. The summed E-state index contributed by atoms with van der Waals surface area (Å²) in [6, 6.07) is 11.8. The maximum Gasteiger partial charge on any atom is 0.228 e. The molecule has 8 heteroatoms. The average Bonchev–Trinajstić information content (AvgIpc) is 3.51. The highest BCUT2D eigenvalue weighted by atomic mass is 32.2. The number of hydrogen-bond donors (Lipinski definition) is 0. The zero-order valence-electron chi connectivity index (χ0n) is 18.6. The number of fused-ring (bicyclic) bond motifs is 1. The largest absolute Gasteiger partial charge is 0.467 e. The number of rotatable bonds is 8. The maximum atomic E-state index is 5.85. The Balaban J connectivity index is 1.27. The first-order valence-electron chi connectivity index (χ1n) is 11.3. The van der Waals surface area contributed by atoms with Gasteiger partial charge in [0.2, 0.25) is 5.95 Å². The molecule has 0 radical (unpaired) electrons. The summed E-state index contributed by atoms with van der Waals surface area (Å²) in [5.41, 5.74) is 1.77. The van der Waals surface area contributed by atoms with E-state index < -0.39 is 0 Å². The van der Waals surface area contributed by atoms with Gasteiger partial charge < -0.3 is 13.7 Å². The number of oxazole rings is 1. The van der Waals surface area contributed by atoms with Crippen LogP contribution in [0, 0.1) is 11.8 Å². The molecule has 5 rings (SSSR count). The first kappa shape index (κ1) is 21.1. The van der Waals surface area contributed by atoms with Crippen LogP contribution in [0.2, 0.25) is 0 Å². The van der Waals surface area contributed by atoms with Gasteiger partial charge in [-0.3, -0.25) is 4.57 Å². The Morgan fingerprint density at radius 2 is 1.91 bits per heavy atom. The normalized spacial score (nSPS) is 19.1. The highest BCUT2D eigenvalue weighted by Crippen LogP contribution is 2.29. The van der Waals surface area contributed by atoms with Crippen LogP contribution in [0.5, 0.6) is 0 Å². The van der Waals surface area contributed by atoms with Gasteiger partial charge in [0.1, 0.15) is 11.3 Å². The molecule has 32 heavy (non-hydrogen) atoms. The first-order chi connectivity index (χ1) is 15.7. The molecule has 0 amide bonds. The van der Waals surface area contributed by atoms with Gasteiger partial charge in [-0.1, -0.05) is 37.7 Å². The third-order valence-electron chi connectivity index (χ3n) is 5.85. The van der Waals surface area contributed by atoms with Gasteiger partial charge in [0, 0.05) is 25.3 Å². The predicted octanol–water partition coefficient (Wildman–Crippen LogP) is 5.27. The lowest BCUT2D eigenvalue weighted by molar-refractivity contribution is 0.350. The Kier molecular flexibility index (Phi) is 6.21. The third-order valence-corrected chi connectivity index (χ3v) is 6.90. The van der Waals surface area contributed by atoms with Crippen molar-refractivity contribution in [2.75, 3.05) is 23.7 Å². The van der Waals surface area contributed by atoms with Crippen LogP contribution in [-0.2, 0) is 13.0 Å². The van der Waals surface area contributed by atoms with E-state index in [0.29, 0.717) is 18.4 Å². The van der Waals surface area contributed by atoms with Crippen molar-refractivity contribution in [2.24, 2.45) is 11.8 Å². The minimum absolute atomic E-state index is 0.641. The summed E-state index contributed by atoms with van der Waals surface area (Å²) in [5.74, 6) is 4.88. The number of nitrogens with zero attached hydrogens (tertiary/aromatic N) is 5. The Labute approximate surface area is 192 Å². The Morgan fingerprint density at radius 1 is 1.06 bits per heavy atom. The Hall–Kier alpha value is -2.74. The molecule has 4 aromatic rings. The lowest BCUT2D eigenvalue weighted by Gasteiger charge is -2.35. The first-order valence-corrected chi connectivity index (χ1v) is 12.3. The van der Waals surface area contributed by atoms with Gasteiger partial charge >= 0.3 is 0 Å². The Bertz CT molecular complexity index is 1110. The maximum absolute atomic E-state index is 5.85. The van der Waals surface area contributed by atoms with Crippen molar-refractivity contribution in [3.05, 3.63) is 54.3 Å². The molecular weight excluding hydrogens is 422 g/mol. The van der Waals surface area contributed by atoms with E-state index in [9.17, 15) is 0 Å². The van der Waals surface area contributed by atoms with Gasteiger partial charge in [-0.05, 0) is 48.9 Å². The van der Waals surface area contributed by atoms with Crippen LogP contribution >= 0.6 is 11.8 Å². The zero-order chi connectivity index (χ0) is 21.9. The van der Waals surface area contributed by atoms with Crippen LogP contribution in [0.1, 0.15) is 38.3 Å². The molecule has 1 aliphatic rings. The number of anilines is 1. The van der Waals surface area contributed by atoms with Crippen molar-refractivity contribution in [2.45, 2.75) is 44.8 Å². The van der Waals surface area contributed by atoms with E-state index in [1.165, 1.54) is 6.42 Å². The molecule has 0 unspecified atom stereocenters. The standard InChI is InChI=1S/C24H29N5O2S/c1-17-13-18(2)15-28(14-17)23-26-27-24(29(23)16-19-7-5-11-30-19)32-12-6-10-22-25-20-8-3-4-9-21(20)31-22/h3-5,7-9,11,17-18H,6,10,12-16H2,1-2H3/t17-,18-/m1/s1. The summed E-state index contributed by atoms with van der Waals surface area (Å²) in [5, 5.41) is 10.1. The van der Waals surface area contributed by atoms with E-state index in [2.05, 4.69) is 38.5 Å². The molecule has 0 aliphatic carbocycles. The van der Waals surface area contributed by atoms with Crippen molar-refractivity contribution in [1.82, 2.24) is 19.7 Å². The average molecular weight is 452 g/mol. The van der Waals surface area contributed by atoms with E-state index in [1.807, 2.05) is 36.4 Å². The number of hydrogen-bond acceptors (Lipinski definition) is 7. The molecular formula is C24H29N5O2S. The number of thioether (sulfide) groups is 1. The number of benzene rings is 1. The molecule has 0 spiro atoms. The molecule has 1 fully saturated rings. The van der Waals surface area contributed by atoms with Gasteiger partial charge in [-0.25, -0.2) is 4.98 Å². The molecule has 168 valence electrons. The fourth-order valence-corrected chi connectivity index (χ4v) is 5.43. The van der Waals surface area contributed by atoms with Gasteiger partial charge in [0.25, 0.3) is 0 Å². The smallest absolute Gasteiger partial charge is 0.228 e. The second-order valence-electron chi connectivity index (χ2n) is 8.83. The van der Waals surface area contributed by atoms with Crippen molar-refractivity contribution in [1.29, 1.82) is 0 Å². The molecule has 4 heterocycles. The molecule has 7 nitrogen and oxygen atoms in total. The summed E-state index contributed by atoms with van der Waals surface area (Å²) in [6.07, 6.45) is 4.75. The summed E-state index contributed by atoms with van der Waals surface area (Å²) < 4.78 is 13.7. The summed E-state index contributed by atoms with van der Waals surface area (Å²) in [6.45, 7) is 7.31. The van der Waals surface area contributed by atoms with Crippen LogP contribution in [0.3, 0.4) is 0 Å². The van der Waals surface area contributed by atoms with Gasteiger partial charge in [0.05, 0.1) is 12.8 Å². The quantitative estimate of drug-likeness (QED) is 0.267. The van der Waals surface area contributed by atoms with Crippen molar-refractivity contribution >= 4 is 28.8 Å². The molecule has 3 aromatic heterocycles. The summed E-state index contributed by atoms with van der Waals surface area (Å²) in [4.78, 5) is 6.96. The van der Waals surface area contributed by atoms with E-state index >= 15 is 0 Å². The van der Waals surface area contributed by atoms with Crippen LogP contribution in [0.4, 0.5) is 5.95 Å². The highest BCUT2D eigenvalue weighted by molar-refractivity contribution is 7.99. The van der Waals surface area contributed by atoms with Crippen LogP contribution in [-0.4, -0.2) is 38.6 Å². The fraction of sp³-hybridized carbons (Fsp3) is 0.458. The van der Waals surface area contributed by atoms with Crippen LogP contribution < -0.4 is 4.90 Å². The summed E-state index contributed by atoms with van der Waals surface area (Å²) >= 11 is 1.73. The third kappa shape index (κ3) is 4.70. The van der Waals surface area contributed by atoms with Crippen molar-refractivity contribution in [3.63, 3.8) is 0 Å². The van der Waals surface area contributed by atoms with E-state index in [1.54, 1.807) is 18.0 Å². The fourth-order valence-electron chi connectivity index (χ4n) is 4.56. The SMILES string of the molecule is C[C@@H]1C[C@@H](C)CN(c2nnc(SCCCc3nc4ccccc4o3)n2Cc2ccco2)C1. The summed E-state index contributed by atoms with van der Waals surface area (Å²) in [7, 11) is 0. The van der Waals surface area contributed by atoms with Gasteiger partial charge in [-0.2, -0.15) is 0 Å². The molecule has 1 saturated heterocycles. The molecule has 2 atom stereocenters. The highest BCUT2D eigenvalue weighted by Gasteiger charge is 2.27. The number of para-hydroxylation sites is 2. The zero-order valence-corrected chi connectivity index (χ0v) is 19.4. The van der Waals surface area contributed by atoms with E-state index in [0.717, 1.165) is 65.5 Å². The minimum atomic E-state index is 0.641. The molecule has 1 aromatic carbocycles. The Morgan fingerprint density at radius 3 is 2.69 bits per heavy atom.